The number of rotatable bonds is 2. The lowest BCUT2D eigenvalue weighted by Crippen LogP contribution is -2.50. The van der Waals surface area contributed by atoms with E-state index in [1.165, 1.54) is 11.1 Å². The van der Waals surface area contributed by atoms with Crippen molar-refractivity contribution in [3.8, 4) is 0 Å². The van der Waals surface area contributed by atoms with Crippen LogP contribution in [0.5, 0.6) is 0 Å². The Morgan fingerprint density at radius 3 is 2.52 bits per heavy atom. The predicted molar refractivity (Wildman–Crippen MR) is 85.0 cm³/mol. The SMILES string of the molecule is CC1CCN(C(=O)C(C)N2CCc3ccccc3C2)CC1. The van der Waals surface area contributed by atoms with Gasteiger partial charge in [-0.15, -0.1) is 0 Å². The number of piperidine rings is 1. The summed E-state index contributed by atoms with van der Waals surface area (Å²) in [5, 5.41) is 0. The van der Waals surface area contributed by atoms with Gasteiger partial charge in [0.2, 0.25) is 5.91 Å². The molecule has 114 valence electrons. The first-order chi connectivity index (χ1) is 10.1. The molecule has 3 rings (SSSR count). The Morgan fingerprint density at radius 2 is 1.81 bits per heavy atom. The Bertz CT molecular complexity index is 506. The third-order valence-corrected chi connectivity index (χ3v) is 5.16. The molecule has 0 saturated carbocycles. The minimum Gasteiger partial charge on any atom is -0.341 e. The summed E-state index contributed by atoms with van der Waals surface area (Å²) < 4.78 is 0. The topological polar surface area (TPSA) is 23.6 Å². The molecule has 1 amide bonds. The smallest absolute Gasteiger partial charge is 0.239 e. The molecule has 1 saturated heterocycles. The van der Waals surface area contributed by atoms with E-state index in [0.717, 1.165) is 51.4 Å². The van der Waals surface area contributed by atoms with Gasteiger partial charge in [0.1, 0.15) is 0 Å². The second kappa shape index (κ2) is 6.18. The second-order valence-corrected chi connectivity index (χ2v) is 6.67. The summed E-state index contributed by atoms with van der Waals surface area (Å²) in [7, 11) is 0. The molecule has 0 radical (unpaired) electrons. The molecule has 2 heterocycles. The lowest BCUT2D eigenvalue weighted by Gasteiger charge is -2.37. The zero-order chi connectivity index (χ0) is 14.8. The standard InChI is InChI=1S/C18H26N2O/c1-14-7-10-19(11-8-14)18(21)15(2)20-12-9-16-5-3-4-6-17(16)13-20/h3-6,14-15H,7-13H2,1-2H3. The number of carbonyl (C=O) groups is 1. The highest BCUT2D eigenvalue weighted by atomic mass is 16.2. The normalized spacial score (nSPS) is 21.9. The molecular weight excluding hydrogens is 260 g/mol. The number of hydrogen-bond acceptors (Lipinski definition) is 2. The molecule has 0 bridgehead atoms. The van der Waals surface area contributed by atoms with Crippen LogP contribution in [0.2, 0.25) is 0 Å². The molecule has 2 aliphatic heterocycles. The molecule has 21 heavy (non-hydrogen) atoms. The molecular formula is C18H26N2O. The van der Waals surface area contributed by atoms with Gasteiger partial charge in [-0.2, -0.15) is 0 Å². The quantitative estimate of drug-likeness (QED) is 0.834. The van der Waals surface area contributed by atoms with E-state index in [2.05, 4.69) is 47.9 Å². The average Bonchev–Trinajstić information content (AvgIpc) is 2.54. The van der Waals surface area contributed by atoms with Gasteiger partial charge in [-0.25, -0.2) is 0 Å². The Hall–Kier alpha value is -1.35. The van der Waals surface area contributed by atoms with E-state index >= 15 is 0 Å². The van der Waals surface area contributed by atoms with E-state index in [1.807, 2.05) is 0 Å². The van der Waals surface area contributed by atoms with Crippen LogP contribution in [0, 0.1) is 5.92 Å². The number of hydrogen-bond donors (Lipinski definition) is 0. The van der Waals surface area contributed by atoms with Gasteiger partial charge in [-0.1, -0.05) is 31.2 Å². The zero-order valence-electron chi connectivity index (χ0n) is 13.2. The maximum atomic E-state index is 12.7. The minimum atomic E-state index is 0.00626. The zero-order valence-corrected chi connectivity index (χ0v) is 13.2. The van der Waals surface area contributed by atoms with Crippen molar-refractivity contribution in [3.63, 3.8) is 0 Å². The van der Waals surface area contributed by atoms with Crippen LogP contribution in [-0.2, 0) is 17.8 Å². The van der Waals surface area contributed by atoms with E-state index in [4.69, 9.17) is 0 Å². The maximum absolute atomic E-state index is 12.7. The van der Waals surface area contributed by atoms with Gasteiger partial charge >= 0.3 is 0 Å². The van der Waals surface area contributed by atoms with Crippen LogP contribution < -0.4 is 0 Å². The Labute approximate surface area is 127 Å². The van der Waals surface area contributed by atoms with Crippen LogP contribution in [0.4, 0.5) is 0 Å². The van der Waals surface area contributed by atoms with E-state index in [-0.39, 0.29) is 6.04 Å². The van der Waals surface area contributed by atoms with Gasteiger partial charge in [0.25, 0.3) is 0 Å². The molecule has 1 aromatic rings. The molecule has 3 heteroatoms. The number of likely N-dealkylation sites (tertiary alicyclic amines) is 1. The van der Waals surface area contributed by atoms with Crippen molar-refractivity contribution in [3.05, 3.63) is 35.4 Å². The first-order valence-electron chi connectivity index (χ1n) is 8.25. The summed E-state index contributed by atoms with van der Waals surface area (Å²) in [5.74, 6) is 1.09. The van der Waals surface area contributed by atoms with E-state index in [0.29, 0.717) is 5.91 Å². The highest BCUT2D eigenvalue weighted by molar-refractivity contribution is 5.81. The van der Waals surface area contributed by atoms with Crippen LogP contribution in [0.1, 0.15) is 37.8 Å². The maximum Gasteiger partial charge on any atom is 0.239 e. The van der Waals surface area contributed by atoms with Crippen molar-refractivity contribution in [1.82, 2.24) is 9.80 Å². The van der Waals surface area contributed by atoms with Gasteiger partial charge < -0.3 is 4.90 Å². The molecule has 0 aliphatic carbocycles. The molecule has 2 aliphatic rings. The summed E-state index contributed by atoms with van der Waals surface area (Å²) >= 11 is 0. The van der Waals surface area contributed by atoms with Crippen molar-refractivity contribution in [1.29, 1.82) is 0 Å². The fourth-order valence-corrected chi connectivity index (χ4v) is 3.50. The Kier molecular flexibility index (Phi) is 4.29. The number of amides is 1. The monoisotopic (exact) mass is 286 g/mol. The summed E-state index contributed by atoms with van der Waals surface area (Å²) in [6.45, 7) is 8.14. The average molecular weight is 286 g/mol. The van der Waals surface area contributed by atoms with Crippen LogP contribution in [0.15, 0.2) is 24.3 Å². The molecule has 0 N–H and O–H groups in total. The molecule has 1 atom stereocenters. The minimum absolute atomic E-state index is 0.00626. The van der Waals surface area contributed by atoms with Crippen LogP contribution in [0.25, 0.3) is 0 Å². The van der Waals surface area contributed by atoms with E-state index < -0.39 is 0 Å². The number of fused-ring (bicyclic) bond motifs is 1. The molecule has 1 fully saturated rings. The number of carbonyl (C=O) groups excluding carboxylic acids is 1. The summed E-state index contributed by atoms with van der Waals surface area (Å²) in [4.78, 5) is 17.1. The van der Waals surface area contributed by atoms with Crippen molar-refractivity contribution in [2.45, 2.75) is 45.7 Å². The van der Waals surface area contributed by atoms with Crippen molar-refractivity contribution in [2.75, 3.05) is 19.6 Å². The van der Waals surface area contributed by atoms with Gasteiger partial charge in [0.15, 0.2) is 0 Å². The van der Waals surface area contributed by atoms with Crippen molar-refractivity contribution < 1.29 is 4.79 Å². The van der Waals surface area contributed by atoms with Gasteiger partial charge in [-0.05, 0) is 43.2 Å². The fourth-order valence-electron chi connectivity index (χ4n) is 3.50. The van der Waals surface area contributed by atoms with Crippen molar-refractivity contribution in [2.24, 2.45) is 5.92 Å². The third kappa shape index (κ3) is 3.13. The Balaban J connectivity index is 1.63. The van der Waals surface area contributed by atoms with Crippen molar-refractivity contribution >= 4 is 5.91 Å². The van der Waals surface area contributed by atoms with Crippen LogP contribution in [-0.4, -0.2) is 41.4 Å². The van der Waals surface area contributed by atoms with Gasteiger partial charge in [-0.3, -0.25) is 9.69 Å². The summed E-state index contributed by atoms with van der Waals surface area (Å²) in [6, 6.07) is 8.62. The molecule has 0 spiro atoms. The summed E-state index contributed by atoms with van der Waals surface area (Å²) in [5.41, 5.74) is 2.83. The summed E-state index contributed by atoms with van der Waals surface area (Å²) in [6.07, 6.45) is 3.37. The van der Waals surface area contributed by atoms with E-state index in [1.54, 1.807) is 0 Å². The molecule has 1 aromatic carbocycles. The third-order valence-electron chi connectivity index (χ3n) is 5.16. The largest absolute Gasteiger partial charge is 0.341 e. The first-order valence-corrected chi connectivity index (χ1v) is 8.25. The lowest BCUT2D eigenvalue weighted by atomic mass is 9.97. The predicted octanol–water partition coefficient (Wildman–Crippen LogP) is 2.69. The van der Waals surface area contributed by atoms with Crippen LogP contribution >= 0.6 is 0 Å². The number of nitrogens with zero attached hydrogens (tertiary/aromatic N) is 2. The molecule has 3 nitrogen and oxygen atoms in total. The number of benzene rings is 1. The highest BCUT2D eigenvalue weighted by Gasteiger charge is 2.29. The molecule has 1 unspecified atom stereocenters. The van der Waals surface area contributed by atoms with Gasteiger partial charge in [0.05, 0.1) is 6.04 Å². The van der Waals surface area contributed by atoms with Crippen LogP contribution in [0.3, 0.4) is 0 Å². The first kappa shape index (κ1) is 14.6. The highest BCUT2D eigenvalue weighted by Crippen LogP contribution is 2.22. The van der Waals surface area contributed by atoms with E-state index in [9.17, 15) is 4.79 Å². The molecule has 0 aromatic heterocycles. The fraction of sp³-hybridized carbons (Fsp3) is 0.611. The second-order valence-electron chi connectivity index (χ2n) is 6.67. The lowest BCUT2D eigenvalue weighted by molar-refractivity contribution is -0.138. The Morgan fingerprint density at radius 1 is 1.14 bits per heavy atom. The van der Waals surface area contributed by atoms with Gasteiger partial charge in [0, 0.05) is 26.2 Å².